The molecule has 1 aliphatic heterocycles. The highest BCUT2D eigenvalue weighted by Crippen LogP contribution is 2.35. The molecule has 0 aromatic heterocycles. The smallest absolute Gasteiger partial charge is 0.322 e. The molecule has 0 bridgehead atoms. The van der Waals surface area contributed by atoms with Crippen LogP contribution in [0.15, 0.2) is 42.5 Å². The Morgan fingerprint density at radius 2 is 1.93 bits per heavy atom. The van der Waals surface area contributed by atoms with Crippen molar-refractivity contribution in [1.82, 2.24) is 4.90 Å². The van der Waals surface area contributed by atoms with Gasteiger partial charge in [0.1, 0.15) is 11.5 Å². The number of anilines is 1. The zero-order chi connectivity index (χ0) is 19.2. The van der Waals surface area contributed by atoms with E-state index in [1.54, 1.807) is 32.4 Å². The Hall–Kier alpha value is -2.40. The maximum atomic E-state index is 13.2. The zero-order valence-corrected chi connectivity index (χ0v) is 16.5. The summed E-state index contributed by atoms with van der Waals surface area (Å²) in [5.41, 5.74) is 1.58. The lowest BCUT2D eigenvalue weighted by Crippen LogP contribution is -2.38. The maximum absolute atomic E-state index is 13.2. The number of halogens is 1. The molecule has 0 radical (unpaired) electrons. The van der Waals surface area contributed by atoms with Crippen LogP contribution in [-0.4, -0.2) is 31.7 Å². The van der Waals surface area contributed by atoms with Crippen molar-refractivity contribution in [2.45, 2.75) is 31.7 Å². The lowest BCUT2D eigenvalue weighted by molar-refractivity contribution is 0.189. The molecule has 0 aliphatic carbocycles. The van der Waals surface area contributed by atoms with Crippen LogP contribution in [0, 0.1) is 0 Å². The molecule has 0 saturated carbocycles. The lowest BCUT2D eigenvalue weighted by Gasteiger charge is -2.31. The largest absolute Gasteiger partial charge is 0.497 e. The molecule has 1 N–H and O–H groups in total. The predicted molar refractivity (Wildman–Crippen MR) is 108 cm³/mol. The van der Waals surface area contributed by atoms with E-state index in [0.717, 1.165) is 31.2 Å². The van der Waals surface area contributed by atoms with Gasteiger partial charge in [0, 0.05) is 17.6 Å². The number of methoxy groups -OCH3 is 2. The Kier molecular flexibility index (Phi) is 6.45. The van der Waals surface area contributed by atoms with Gasteiger partial charge in [-0.1, -0.05) is 42.6 Å². The summed E-state index contributed by atoms with van der Waals surface area (Å²) in [6.45, 7) is 0.688. The van der Waals surface area contributed by atoms with E-state index in [1.807, 2.05) is 29.2 Å². The molecule has 1 fully saturated rings. The zero-order valence-electron chi connectivity index (χ0n) is 15.7. The van der Waals surface area contributed by atoms with Crippen molar-refractivity contribution < 1.29 is 14.3 Å². The van der Waals surface area contributed by atoms with Crippen LogP contribution in [0.4, 0.5) is 10.5 Å². The number of carbonyl (C=O) groups excluding carboxylic acids is 1. The van der Waals surface area contributed by atoms with Gasteiger partial charge in [0.2, 0.25) is 0 Å². The molecule has 2 amide bonds. The quantitative estimate of drug-likeness (QED) is 0.751. The summed E-state index contributed by atoms with van der Waals surface area (Å²) in [5.74, 6) is 1.25. The summed E-state index contributed by atoms with van der Waals surface area (Å²) < 4.78 is 10.6. The van der Waals surface area contributed by atoms with E-state index in [4.69, 9.17) is 21.1 Å². The number of nitrogens with one attached hydrogen (secondary N) is 1. The third-order valence-electron chi connectivity index (χ3n) is 4.93. The highest BCUT2D eigenvalue weighted by atomic mass is 35.5. The fourth-order valence-electron chi connectivity index (χ4n) is 3.52. The Morgan fingerprint density at radius 3 is 2.67 bits per heavy atom. The monoisotopic (exact) mass is 388 g/mol. The molecule has 5 nitrogen and oxygen atoms in total. The van der Waals surface area contributed by atoms with Crippen molar-refractivity contribution in [2.75, 3.05) is 26.1 Å². The summed E-state index contributed by atoms with van der Waals surface area (Å²) in [6.07, 6.45) is 4.05. The summed E-state index contributed by atoms with van der Waals surface area (Å²) in [7, 11) is 3.17. The van der Waals surface area contributed by atoms with Gasteiger partial charge >= 0.3 is 6.03 Å². The van der Waals surface area contributed by atoms with Crippen LogP contribution in [0.1, 0.15) is 37.3 Å². The highest BCUT2D eigenvalue weighted by Gasteiger charge is 2.28. The molecule has 27 heavy (non-hydrogen) atoms. The van der Waals surface area contributed by atoms with Crippen molar-refractivity contribution in [3.8, 4) is 11.5 Å². The van der Waals surface area contributed by atoms with Gasteiger partial charge in [-0.3, -0.25) is 0 Å². The van der Waals surface area contributed by atoms with Crippen molar-refractivity contribution in [3.63, 3.8) is 0 Å². The fraction of sp³-hybridized carbons (Fsp3) is 0.381. The average molecular weight is 389 g/mol. The molecule has 144 valence electrons. The number of amides is 2. The van der Waals surface area contributed by atoms with E-state index >= 15 is 0 Å². The summed E-state index contributed by atoms with van der Waals surface area (Å²) in [6, 6.07) is 12.9. The normalized spacial score (nSPS) is 17.1. The highest BCUT2D eigenvalue weighted by molar-refractivity contribution is 6.31. The third-order valence-corrected chi connectivity index (χ3v) is 5.27. The van der Waals surface area contributed by atoms with Crippen LogP contribution >= 0.6 is 11.6 Å². The van der Waals surface area contributed by atoms with Gasteiger partial charge in [0.05, 0.1) is 25.9 Å². The van der Waals surface area contributed by atoms with Gasteiger partial charge in [-0.15, -0.1) is 0 Å². The first-order valence-electron chi connectivity index (χ1n) is 9.18. The minimum absolute atomic E-state index is 0.0437. The molecule has 1 aliphatic rings. The molecule has 1 saturated heterocycles. The van der Waals surface area contributed by atoms with Crippen LogP contribution in [-0.2, 0) is 0 Å². The van der Waals surface area contributed by atoms with E-state index in [2.05, 4.69) is 5.32 Å². The number of urea groups is 1. The van der Waals surface area contributed by atoms with Crippen LogP contribution < -0.4 is 14.8 Å². The van der Waals surface area contributed by atoms with Crippen molar-refractivity contribution in [3.05, 3.63) is 53.1 Å². The number of hydrogen-bond acceptors (Lipinski definition) is 3. The summed E-state index contributed by atoms with van der Waals surface area (Å²) in [4.78, 5) is 15.0. The second-order valence-electron chi connectivity index (χ2n) is 6.58. The SMILES string of the molecule is COc1ccc(OC)c(NC(=O)N2CCCCCC2c2ccccc2Cl)c1. The number of ether oxygens (including phenoxy) is 2. The molecular weight excluding hydrogens is 364 g/mol. The molecule has 1 heterocycles. The van der Waals surface area contributed by atoms with Crippen LogP contribution in [0.3, 0.4) is 0 Å². The standard InChI is InChI=1S/C21H25ClN2O3/c1-26-15-11-12-20(27-2)18(14-15)23-21(25)24-13-7-3-4-10-19(24)16-8-5-6-9-17(16)22/h5-6,8-9,11-12,14,19H,3-4,7,10,13H2,1-2H3,(H,23,25). The first-order valence-corrected chi connectivity index (χ1v) is 9.56. The molecule has 0 spiro atoms. The molecule has 1 unspecified atom stereocenters. The van der Waals surface area contributed by atoms with E-state index in [-0.39, 0.29) is 12.1 Å². The number of benzene rings is 2. The van der Waals surface area contributed by atoms with E-state index in [0.29, 0.717) is 28.8 Å². The first-order chi connectivity index (χ1) is 13.1. The number of likely N-dealkylation sites (tertiary alicyclic amines) is 1. The third kappa shape index (κ3) is 4.48. The van der Waals surface area contributed by atoms with Crippen molar-refractivity contribution in [2.24, 2.45) is 0 Å². The Morgan fingerprint density at radius 1 is 1.11 bits per heavy atom. The second kappa shape index (κ2) is 9.00. The Labute approximate surface area is 165 Å². The van der Waals surface area contributed by atoms with Gasteiger partial charge < -0.3 is 19.7 Å². The Bertz CT molecular complexity index is 797. The van der Waals surface area contributed by atoms with Crippen LogP contribution in [0.5, 0.6) is 11.5 Å². The minimum Gasteiger partial charge on any atom is -0.497 e. The number of hydrogen-bond donors (Lipinski definition) is 1. The Balaban J connectivity index is 1.88. The van der Waals surface area contributed by atoms with Gasteiger partial charge in [-0.05, 0) is 36.6 Å². The van der Waals surface area contributed by atoms with E-state index in [1.165, 1.54) is 0 Å². The van der Waals surface area contributed by atoms with Crippen LogP contribution in [0.25, 0.3) is 0 Å². The van der Waals surface area contributed by atoms with E-state index in [9.17, 15) is 4.79 Å². The number of rotatable bonds is 4. The average Bonchev–Trinajstić information content (AvgIpc) is 2.94. The van der Waals surface area contributed by atoms with Crippen molar-refractivity contribution in [1.29, 1.82) is 0 Å². The molecule has 2 aromatic rings. The summed E-state index contributed by atoms with van der Waals surface area (Å²) >= 11 is 6.43. The molecule has 1 atom stereocenters. The van der Waals surface area contributed by atoms with Gasteiger partial charge in [-0.25, -0.2) is 4.79 Å². The van der Waals surface area contributed by atoms with E-state index < -0.39 is 0 Å². The molecular formula is C21H25ClN2O3. The van der Waals surface area contributed by atoms with Gasteiger partial charge in [0.15, 0.2) is 0 Å². The van der Waals surface area contributed by atoms with Gasteiger partial charge in [-0.2, -0.15) is 0 Å². The minimum atomic E-state index is -0.159. The second-order valence-corrected chi connectivity index (χ2v) is 6.98. The van der Waals surface area contributed by atoms with Gasteiger partial charge in [0.25, 0.3) is 0 Å². The summed E-state index contributed by atoms with van der Waals surface area (Å²) in [5, 5.41) is 3.69. The fourth-order valence-corrected chi connectivity index (χ4v) is 3.78. The topological polar surface area (TPSA) is 50.8 Å². The predicted octanol–water partition coefficient (Wildman–Crippen LogP) is 5.51. The lowest BCUT2D eigenvalue weighted by atomic mass is 10.0. The molecule has 6 heteroatoms. The number of nitrogens with zero attached hydrogens (tertiary/aromatic N) is 1. The molecule has 3 rings (SSSR count). The van der Waals surface area contributed by atoms with Crippen LogP contribution in [0.2, 0.25) is 5.02 Å². The maximum Gasteiger partial charge on any atom is 0.322 e. The first kappa shape index (κ1) is 19.4. The van der Waals surface area contributed by atoms with Crippen molar-refractivity contribution >= 4 is 23.3 Å². The number of carbonyl (C=O) groups is 1. The molecule has 2 aromatic carbocycles.